The van der Waals surface area contributed by atoms with Crippen molar-refractivity contribution in [3.8, 4) is 0 Å². The molecule has 0 aliphatic heterocycles. The number of carbonyl (C=O) groups excluding carboxylic acids is 2. The molecule has 0 aliphatic carbocycles. The van der Waals surface area contributed by atoms with E-state index in [1.54, 1.807) is 18.2 Å². The molecule has 0 heterocycles. The molecule has 2 N–H and O–H groups in total. The molecule has 0 spiro atoms. The monoisotopic (exact) mass is 284 g/mol. The molecule has 0 saturated heterocycles. The summed E-state index contributed by atoms with van der Waals surface area (Å²) in [6, 6.07) is 4.82. The van der Waals surface area contributed by atoms with Crippen LogP contribution in [0.1, 0.15) is 22.8 Å². The average molecular weight is 285 g/mol. The summed E-state index contributed by atoms with van der Waals surface area (Å²) in [7, 11) is 0. The fourth-order valence-corrected chi connectivity index (χ4v) is 1.71. The lowest BCUT2D eigenvalue weighted by atomic mass is 10.1. The third-order valence-corrected chi connectivity index (χ3v) is 2.62. The summed E-state index contributed by atoms with van der Waals surface area (Å²) in [5.41, 5.74) is 1.30. The fraction of sp³-hybridized carbons (Fsp3) is 0.385. The van der Waals surface area contributed by atoms with Gasteiger partial charge >= 0.3 is 12.0 Å². The number of ether oxygens (including phenoxy) is 1. The van der Waals surface area contributed by atoms with Gasteiger partial charge in [-0.3, -0.25) is 0 Å². The minimum absolute atomic E-state index is 0.0974. The van der Waals surface area contributed by atoms with Crippen LogP contribution in [0.3, 0.4) is 0 Å². The maximum absolute atomic E-state index is 11.7. The van der Waals surface area contributed by atoms with Crippen molar-refractivity contribution in [2.24, 2.45) is 0 Å². The molecule has 0 atom stereocenters. The zero-order valence-corrected chi connectivity index (χ0v) is 11.7. The van der Waals surface area contributed by atoms with E-state index in [9.17, 15) is 9.59 Å². The Labute approximate surface area is 117 Å². The first-order chi connectivity index (χ1) is 9.04. The number of amides is 2. The second-order valence-electron chi connectivity index (χ2n) is 3.91. The molecule has 0 unspecified atom stereocenters. The molecule has 104 valence electrons. The van der Waals surface area contributed by atoms with Crippen molar-refractivity contribution in [2.45, 2.75) is 13.8 Å². The van der Waals surface area contributed by atoms with Gasteiger partial charge < -0.3 is 15.4 Å². The third-order valence-electron chi connectivity index (χ3n) is 2.30. The molecule has 0 bridgehead atoms. The lowest BCUT2D eigenvalue weighted by Crippen LogP contribution is -2.37. The van der Waals surface area contributed by atoms with Crippen LogP contribution < -0.4 is 10.6 Å². The van der Waals surface area contributed by atoms with Crippen molar-refractivity contribution in [1.82, 2.24) is 10.6 Å². The summed E-state index contributed by atoms with van der Waals surface area (Å²) >= 11 is 5.95. The molecule has 6 heteroatoms. The van der Waals surface area contributed by atoms with E-state index in [4.69, 9.17) is 16.3 Å². The number of benzene rings is 1. The maximum atomic E-state index is 11.7. The normalized spacial score (nSPS) is 9.84. The molecular weight excluding hydrogens is 268 g/mol. The fourth-order valence-electron chi connectivity index (χ4n) is 1.39. The lowest BCUT2D eigenvalue weighted by Gasteiger charge is -2.08. The van der Waals surface area contributed by atoms with Crippen LogP contribution in [0, 0.1) is 6.92 Å². The Bertz CT molecular complexity index is 463. The summed E-state index contributed by atoms with van der Waals surface area (Å²) in [4.78, 5) is 22.8. The zero-order valence-electron chi connectivity index (χ0n) is 11.0. The quantitative estimate of drug-likeness (QED) is 0.643. The van der Waals surface area contributed by atoms with Gasteiger partial charge in [0, 0.05) is 6.54 Å². The number of carbonyl (C=O) groups is 2. The lowest BCUT2D eigenvalue weighted by molar-refractivity contribution is 0.0510. The van der Waals surface area contributed by atoms with Crippen LogP contribution in [-0.2, 0) is 4.74 Å². The van der Waals surface area contributed by atoms with Gasteiger partial charge in [-0.25, -0.2) is 9.59 Å². The second kappa shape index (κ2) is 7.63. The van der Waals surface area contributed by atoms with Crippen LogP contribution in [0.15, 0.2) is 18.2 Å². The average Bonchev–Trinajstić information content (AvgIpc) is 2.34. The Balaban J connectivity index is 2.37. The number of halogens is 1. The van der Waals surface area contributed by atoms with Gasteiger partial charge in [0.1, 0.15) is 6.61 Å². The highest BCUT2D eigenvalue weighted by atomic mass is 35.5. The molecule has 1 aromatic carbocycles. The third kappa shape index (κ3) is 5.18. The molecule has 5 nitrogen and oxygen atoms in total. The molecule has 0 aromatic heterocycles. The molecule has 0 fully saturated rings. The molecule has 2 amide bonds. The van der Waals surface area contributed by atoms with E-state index in [1.807, 2.05) is 13.8 Å². The first-order valence-electron chi connectivity index (χ1n) is 5.99. The van der Waals surface area contributed by atoms with Crippen molar-refractivity contribution in [1.29, 1.82) is 0 Å². The molecule has 0 aliphatic rings. The van der Waals surface area contributed by atoms with Crippen molar-refractivity contribution in [3.05, 3.63) is 34.3 Å². The van der Waals surface area contributed by atoms with Crippen LogP contribution in [0.25, 0.3) is 0 Å². The van der Waals surface area contributed by atoms with Crippen molar-refractivity contribution >= 4 is 23.6 Å². The Hall–Kier alpha value is -1.75. The Morgan fingerprint density at radius 2 is 2.05 bits per heavy atom. The minimum atomic E-state index is -0.498. The number of rotatable bonds is 5. The van der Waals surface area contributed by atoms with Gasteiger partial charge in [0.2, 0.25) is 0 Å². The molecular formula is C13H17ClN2O3. The van der Waals surface area contributed by atoms with Gasteiger partial charge in [0.25, 0.3) is 0 Å². The van der Waals surface area contributed by atoms with Crippen LogP contribution in [0.5, 0.6) is 0 Å². The minimum Gasteiger partial charge on any atom is -0.460 e. The van der Waals surface area contributed by atoms with Gasteiger partial charge in [0.05, 0.1) is 17.1 Å². The highest BCUT2D eigenvalue weighted by Gasteiger charge is 2.11. The van der Waals surface area contributed by atoms with Crippen LogP contribution in [0.2, 0.25) is 5.02 Å². The number of hydrogen-bond donors (Lipinski definition) is 2. The van der Waals surface area contributed by atoms with Gasteiger partial charge in [-0.1, -0.05) is 17.7 Å². The second-order valence-corrected chi connectivity index (χ2v) is 4.31. The van der Waals surface area contributed by atoms with E-state index in [1.165, 1.54) is 0 Å². The Morgan fingerprint density at radius 3 is 2.68 bits per heavy atom. The van der Waals surface area contributed by atoms with E-state index >= 15 is 0 Å². The van der Waals surface area contributed by atoms with Crippen molar-refractivity contribution < 1.29 is 14.3 Å². The Morgan fingerprint density at radius 1 is 1.32 bits per heavy atom. The van der Waals surface area contributed by atoms with Gasteiger partial charge in [-0.05, 0) is 31.5 Å². The number of urea groups is 1. The predicted octanol–water partition coefficient (Wildman–Crippen LogP) is 2.12. The summed E-state index contributed by atoms with van der Waals surface area (Å²) in [5, 5.41) is 5.49. The number of esters is 1. The highest BCUT2D eigenvalue weighted by molar-refractivity contribution is 6.33. The summed E-state index contributed by atoms with van der Waals surface area (Å²) < 4.78 is 5.01. The highest BCUT2D eigenvalue weighted by Crippen LogP contribution is 2.18. The number of aryl methyl sites for hydroxylation is 1. The molecule has 0 radical (unpaired) electrons. The first-order valence-corrected chi connectivity index (χ1v) is 6.37. The predicted molar refractivity (Wildman–Crippen MR) is 73.5 cm³/mol. The van der Waals surface area contributed by atoms with Crippen molar-refractivity contribution in [3.63, 3.8) is 0 Å². The van der Waals surface area contributed by atoms with E-state index in [2.05, 4.69) is 10.6 Å². The van der Waals surface area contributed by atoms with E-state index in [-0.39, 0.29) is 19.2 Å². The number of nitrogens with one attached hydrogen (secondary N) is 2. The summed E-state index contributed by atoms with van der Waals surface area (Å²) in [6.45, 7) is 4.60. The Kier molecular flexibility index (Phi) is 6.15. The molecule has 1 aromatic rings. The van der Waals surface area contributed by atoms with E-state index in [0.29, 0.717) is 17.1 Å². The molecule has 0 saturated carbocycles. The summed E-state index contributed by atoms with van der Waals surface area (Å²) in [5.74, 6) is -0.498. The SMILES string of the molecule is CCNC(=O)NCCOC(=O)c1ccc(C)cc1Cl. The van der Waals surface area contributed by atoms with Crippen LogP contribution in [-0.4, -0.2) is 31.7 Å². The van der Waals surface area contributed by atoms with E-state index in [0.717, 1.165) is 5.56 Å². The zero-order chi connectivity index (χ0) is 14.3. The molecule has 19 heavy (non-hydrogen) atoms. The van der Waals surface area contributed by atoms with Gasteiger partial charge in [-0.15, -0.1) is 0 Å². The molecule has 1 rings (SSSR count). The smallest absolute Gasteiger partial charge is 0.339 e. The van der Waals surface area contributed by atoms with Crippen LogP contribution in [0.4, 0.5) is 4.79 Å². The standard InChI is InChI=1S/C13H17ClN2O3/c1-3-15-13(18)16-6-7-19-12(17)10-5-4-9(2)8-11(10)14/h4-5,8H,3,6-7H2,1-2H3,(H2,15,16,18). The van der Waals surface area contributed by atoms with E-state index < -0.39 is 5.97 Å². The number of hydrogen-bond acceptors (Lipinski definition) is 3. The first kappa shape index (κ1) is 15.3. The van der Waals surface area contributed by atoms with Gasteiger partial charge in [-0.2, -0.15) is 0 Å². The topological polar surface area (TPSA) is 67.4 Å². The largest absolute Gasteiger partial charge is 0.460 e. The van der Waals surface area contributed by atoms with Crippen molar-refractivity contribution in [2.75, 3.05) is 19.7 Å². The van der Waals surface area contributed by atoms with Crippen LogP contribution >= 0.6 is 11.6 Å². The van der Waals surface area contributed by atoms with Gasteiger partial charge in [0.15, 0.2) is 0 Å². The maximum Gasteiger partial charge on any atom is 0.339 e. The summed E-state index contributed by atoms with van der Waals surface area (Å²) in [6.07, 6.45) is 0.